The molecule has 0 spiro atoms. The summed E-state index contributed by atoms with van der Waals surface area (Å²) in [7, 11) is 1.94. The minimum absolute atomic E-state index is 0.618. The van der Waals surface area contributed by atoms with Gasteiger partial charge in [0.2, 0.25) is 0 Å². The predicted octanol–water partition coefficient (Wildman–Crippen LogP) is 1.36. The summed E-state index contributed by atoms with van der Waals surface area (Å²) >= 11 is 0. The van der Waals surface area contributed by atoms with Crippen LogP contribution in [-0.4, -0.2) is 28.9 Å². The van der Waals surface area contributed by atoms with Gasteiger partial charge in [-0.15, -0.1) is 0 Å². The van der Waals surface area contributed by atoms with Crippen LogP contribution in [0.1, 0.15) is 25.7 Å². The highest BCUT2D eigenvalue weighted by molar-refractivity contribution is 5.38. The normalized spacial score (nSPS) is 22.3. The Bertz CT molecular complexity index is 287. The number of aryl methyl sites for hydroxylation is 1. The average molecular weight is 208 g/mol. The van der Waals surface area contributed by atoms with Crippen LogP contribution in [0.2, 0.25) is 0 Å². The van der Waals surface area contributed by atoms with E-state index in [0.717, 1.165) is 12.2 Å². The van der Waals surface area contributed by atoms with Crippen molar-refractivity contribution in [3.05, 3.63) is 12.4 Å². The zero-order valence-corrected chi connectivity index (χ0v) is 9.37. The minimum atomic E-state index is 0.618. The molecule has 0 bridgehead atoms. The molecule has 1 aliphatic rings. The van der Waals surface area contributed by atoms with Gasteiger partial charge in [-0.3, -0.25) is 4.68 Å². The quantitative estimate of drug-likeness (QED) is 0.788. The molecule has 4 nitrogen and oxygen atoms in total. The summed E-state index contributed by atoms with van der Waals surface area (Å²) in [5.74, 6) is 0. The molecule has 1 aromatic rings. The van der Waals surface area contributed by atoms with Gasteiger partial charge >= 0.3 is 0 Å². The molecule has 1 aliphatic heterocycles. The maximum atomic E-state index is 4.13. The van der Waals surface area contributed by atoms with Gasteiger partial charge in [0.15, 0.2) is 0 Å². The standard InChI is InChI=1S/C11H20N4/c1-15-9-11(8-14-15)13-7-10-5-3-2-4-6-12-10/h8-10,12-13H,2-7H2,1H3. The van der Waals surface area contributed by atoms with E-state index in [1.165, 1.54) is 32.2 Å². The summed E-state index contributed by atoms with van der Waals surface area (Å²) in [6.45, 7) is 2.17. The van der Waals surface area contributed by atoms with Crippen LogP contribution in [0.3, 0.4) is 0 Å². The molecule has 2 heterocycles. The van der Waals surface area contributed by atoms with Gasteiger partial charge in [0.25, 0.3) is 0 Å². The topological polar surface area (TPSA) is 41.9 Å². The Morgan fingerprint density at radius 1 is 1.53 bits per heavy atom. The molecule has 2 N–H and O–H groups in total. The Morgan fingerprint density at radius 2 is 2.47 bits per heavy atom. The Kier molecular flexibility index (Phi) is 3.61. The molecule has 4 heteroatoms. The highest BCUT2D eigenvalue weighted by Crippen LogP contribution is 2.10. The number of aromatic nitrogens is 2. The molecule has 1 unspecified atom stereocenters. The number of hydrogen-bond acceptors (Lipinski definition) is 3. The molecule has 1 aromatic heterocycles. The van der Waals surface area contributed by atoms with Gasteiger partial charge in [0, 0.05) is 25.8 Å². The molecule has 1 saturated heterocycles. The molecule has 15 heavy (non-hydrogen) atoms. The summed E-state index contributed by atoms with van der Waals surface area (Å²) in [6, 6.07) is 0.618. The largest absolute Gasteiger partial charge is 0.381 e. The maximum Gasteiger partial charge on any atom is 0.0726 e. The van der Waals surface area contributed by atoms with Crippen molar-refractivity contribution in [3.63, 3.8) is 0 Å². The summed E-state index contributed by atoms with van der Waals surface area (Å²) in [4.78, 5) is 0. The van der Waals surface area contributed by atoms with Gasteiger partial charge in [-0.1, -0.05) is 12.8 Å². The lowest BCUT2D eigenvalue weighted by atomic mass is 10.1. The molecular formula is C11H20N4. The maximum absolute atomic E-state index is 4.13. The van der Waals surface area contributed by atoms with Crippen LogP contribution in [0.15, 0.2) is 12.4 Å². The van der Waals surface area contributed by atoms with Crippen LogP contribution < -0.4 is 10.6 Å². The zero-order valence-electron chi connectivity index (χ0n) is 9.37. The molecule has 0 saturated carbocycles. The Labute approximate surface area is 91.1 Å². The van der Waals surface area contributed by atoms with Crippen molar-refractivity contribution in [1.82, 2.24) is 15.1 Å². The third kappa shape index (κ3) is 3.23. The summed E-state index contributed by atoms with van der Waals surface area (Å²) in [6.07, 6.45) is 9.22. The zero-order chi connectivity index (χ0) is 10.5. The van der Waals surface area contributed by atoms with Crippen molar-refractivity contribution in [3.8, 4) is 0 Å². The highest BCUT2D eigenvalue weighted by Gasteiger charge is 2.10. The lowest BCUT2D eigenvalue weighted by molar-refractivity contribution is 0.530. The monoisotopic (exact) mass is 208 g/mol. The van der Waals surface area contributed by atoms with Gasteiger partial charge in [0.1, 0.15) is 0 Å². The van der Waals surface area contributed by atoms with Crippen LogP contribution in [0.4, 0.5) is 5.69 Å². The van der Waals surface area contributed by atoms with E-state index in [-0.39, 0.29) is 0 Å². The lowest BCUT2D eigenvalue weighted by Crippen LogP contribution is -2.34. The second kappa shape index (κ2) is 5.16. The molecule has 0 radical (unpaired) electrons. The van der Waals surface area contributed by atoms with Crippen molar-refractivity contribution < 1.29 is 0 Å². The Balaban J connectivity index is 1.76. The summed E-state index contributed by atoms with van der Waals surface area (Å²) < 4.78 is 1.82. The first-order valence-corrected chi connectivity index (χ1v) is 5.80. The van der Waals surface area contributed by atoms with Crippen molar-refractivity contribution in [2.75, 3.05) is 18.4 Å². The third-order valence-corrected chi connectivity index (χ3v) is 2.92. The number of anilines is 1. The van der Waals surface area contributed by atoms with Crippen LogP contribution in [0, 0.1) is 0 Å². The van der Waals surface area contributed by atoms with Gasteiger partial charge in [-0.25, -0.2) is 0 Å². The van der Waals surface area contributed by atoms with E-state index < -0.39 is 0 Å². The number of nitrogens with one attached hydrogen (secondary N) is 2. The van der Waals surface area contributed by atoms with Gasteiger partial charge in [-0.2, -0.15) is 5.10 Å². The van der Waals surface area contributed by atoms with Crippen LogP contribution in [0.5, 0.6) is 0 Å². The molecule has 1 fully saturated rings. The molecule has 0 aromatic carbocycles. The van der Waals surface area contributed by atoms with Crippen LogP contribution in [0.25, 0.3) is 0 Å². The Morgan fingerprint density at radius 3 is 3.27 bits per heavy atom. The second-order valence-electron chi connectivity index (χ2n) is 4.28. The second-order valence-corrected chi connectivity index (χ2v) is 4.28. The fourth-order valence-corrected chi connectivity index (χ4v) is 2.03. The SMILES string of the molecule is Cn1cc(NCC2CCCCCN2)cn1. The van der Waals surface area contributed by atoms with Gasteiger partial charge in [-0.05, 0) is 19.4 Å². The summed E-state index contributed by atoms with van der Waals surface area (Å²) in [5.41, 5.74) is 1.11. The smallest absolute Gasteiger partial charge is 0.0726 e. The van der Waals surface area contributed by atoms with E-state index >= 15 is 0 Å². The van der Waals surface area contributed by atoms with Crippen molar-refractivity contribution in [1.29, 1.82) is 0 Å². The van der Waals surface area contributed by atoms with Crippen molar-refractivity contribution in [2.24, 2.45) is 7.05 Å². The molecule has 84 valence electrons. The number of nitrogens with zero attached hydrogens (tertiary/aromatic N) is 2. The first kappa shape index (κ1) is 10.5. The molecular weight excluding hydrogens is 188 g/mol. The van der Waals surface area contributed by atoms with E-state index in [2.05, 4.69) is 15.7 Å². The van der Waals surface area contributed by atoms with E-state index in [1.807, 2.05) is 24.1 Å². The van der Waals surface area contributed by atoms with E-state index in [0.29, 0.717) is 6.04 Å². The summed E-state index contributed by atoms with van der Waals surface area (Å²) in [5, 5.41) is 11.1. The first-order valence-electron chi connectivity index (χ1n) is 5.80. The molecule has 1 atom stereocenters. The lowest BCUT2D eigenvalue weighted by Gasteiger charge is -2.16. The first-order chi connectivity index (χ1) is 7.34. The van der Waals surface area contributed by atoms with Gasteiger partial charge in [0.05, 0.1) is 11.9 Å². The molecule has 2 rings (SSSR count). The van der Waals surface area contributed by atoms with Crippen LogP contribution >= 0.6 is 0 Å². The third-order valence-electron chi connectivity index (χ3n) is 2.92. The number of hydrogen-bond donors (Lipinski definition) is 2. The minimum Gasteiger partial charge on any atom is -0.381 e. The van der Waals surface area contributed by atoms with Crippen LogP contribution in [-0.2, 0) is 7.05 Å². The van der Waals surface area contributed by atoms with E-state index in [9.17, 15) is 0 Å². The predicted molar refractivity (Wildman–Crippen MR) is 62.0 cm³/mol. The van der Waals surface area contributed by atoms with E-state index in [4.69, 9.17) is 0 Å². The molecule has 0 amide bonds. The Hall–Kier alpha value is -1.03. The fourth-order valence-electron chi connectivity index (χ4n) is 2.03. The average Bonchev–Trinajstić information content (AvgIpc) is 2.52. The van der Waals surface area contributed by atoms with Gasteiger partial charge < -0.3 is 10.6 Å². The van der Waals surface area contributed by atoms with E-state index in [1.54, 1.807) is 0 Å². The molecule has 0 aliphatic carbocycles. The fraction of sp³-hybridized carbons (Fsp3) is 0.727. The van der Waals surface area contributed by atoms with Crippen molar-refractivity contribution in [2.45, 2.75) is 31.7 Å². The highest BCUT2D eigenvalue weighted by atomic mass is 15.3. The van der Waals surface area contributed by atoms with Crippen molar-refractivity contribution >= 4 is 5.69 Å². The number of rotatable bonds is 3.